The monoisotopic (exact) mass is 469 g/mol. The zero-order valence-electron chi connectivity index (χ0n) is 15.2. The highest BCUT2D eigenvalue weighted by atomic mass is 35.5. The van der Waals surface area contributed by atoms with Crippen LogP contribution in [0, 0.1) is 11.6 Å². The van der Waals surface area contributed by atoms with Gasteiger partial charge in [0.2, 0.25) is 5.90 Å². The van der Waals surface area contributed by atoms with Crippen molar-refractivity contribution in [3.63, 3.8) is 0 Å². The van der Waals surface area contributed by atoms with Gasteiger partial charge in [-0.15, -0.1) is 5.10 Å². The van der Waals surface area contributed by atoms with Gasteiger partial charge in [0.1, 0.15) is 17.2 Å². The molecule has 0 atom stereocenters. The predicted octanol–water partition coefficient (Wildman–Crippen LogP) is 5.76. The van der Waals surface area contributed by atoms with Crippen molar-refractivity contribution in [2.24, 2.45) is 10.1 Å². The van der Waals surface area contributed by atoms with E-state index >= 15 is 0 Å². The average Bonchev–Trinajstić information content (AvgIpc) is 2.72. The fourth-order valence-electron chi connectivity index (χ4n) is 2.59. The molecule has 0 saturated heterocycles. The minimum atomic E-state index is -0.869. The molecule has 5 nitrogen and oxygen atoms in total. The first kappa shape index (κ1) is 22.0. The zero-order valence-corrected chi connectivity index (χ0v) is 17.5. The van der Waals surface area contributed by atoms with Crippen LogP contribution in [0.2, 0.25) is 15.1 Å². The third-order valence-corrected chi connectivity index (χ3v) is 4.88. The molecule has 0 aromatic heterocycles. The number of hydrogen-bond donors (Lipinski definition) is 0. The van der Waals surface area contributed by atoms with Crippen molar-refractivity contribution in [3.8, 4) is 5.75 Å². The first-order valence-electron chi connectivity index (χ1n) is 8.30. The van der Waals surface area contributed by atoms with Gasteiger partial charge in [-0.25, -0.2) is 13.8 Å². The van der Waals surface area contributed by atoms with Crippen molar-refractivity contribution in [1.29, 1.82) is 0 Å². The summed E-state index contributed by atoms with van der Waals surface area (Å²) < 4.78 is 33.0. The van der Waals surface area contributed by atoms with Crippen LogP contribution in [0.3, 0.4) is 0 Å². The fourth-order valence-corrected chi connectivity index (χ4v) is 3.39. The van der Waals surface area contributed by atoms with Gasteiger partial charge in [-0.2, -0.15) is 0 Å². The number of aliphatic imine (C=N–C) groups is 1. The smallest absolute Gasteiger partial charge is 0.237 e. The van der Waals surface area contributed by atoms with Crippen LogP contribution in [0.5, 0.6) is 5.75 Å². The molecule has 1 aliphatic heterocycles. The molecule has 0 radical (unpaired) electrons. The Morgan fingerprint density at radius 2 is 1.77 bits per heavy atom. The number of hydrogen-bond acceptors (Lipinski definition) is 4. The Bertz CT molecular complexity index is 1110. The summed E-state index contributed by atoms with van der Waals surface area (Å²) in [6, 6.07) is 6.58. The molecule has 0 saturated carbocycles. The molecular formula is C20H12Cl3F2N3O2. The standard InChI is InChI=1S/C20H12Cl3F2N3O2/c1-26-10-28-16(11(9-29)18-12(21)3-2-4-13(18)22)7-8-17(27-28)30-20-15(25)6-5-14(24)19(20)23/h2-10H,1H3/b16-11+,26-10-. The van der Waals surface area contributed by atoms with E-state index < -0.39 is 22.4 Å². The molecule has 10 heteroatoms. The molecule has 154 valence electrons. The van der Waals surface area contributed by atoms with Crippen LogP contribution in [-0.2, 0) is 4.79 Å². The number of benzene rings is 2. The highest BCUT2D eigenvalue weighted by Crippen LogP contribution is 2.34. The highest BCUT2D eigenvalue weighted by Gasteiger charge is 2.22. The van der Waals surface area contributed by atoms with E-state index in [1.807, 2.05) is 0 Å². The molecule has 0 N–H and O–H groups in total. The molecule has 0 aliphatic carbocycles. The lowest BCUT2D eigenvalue weighted by atomic mass is 10.0. The number of halogens is 5. The van der Waals surface area contributed by atoms with Crippen molar-refractivity contribution in [3.05, 3.63) is 80.4 Å². The van der Waals surface area contributed by atoms with Gasteiger partial charge in [0, 0.05) is 18.7 Å². The fraction of sp³-hybridized carbons (Fsp3) is 0.0500. The molecule has 1 aliphatic rings. The average molecular weight is 471 g/mol. The van der Waals surface area contributed by atoms with E-state index in [4.69, 9.17) is 39.5 Å². The molecule has 2 aromatic rings. The third-order valence-electron chi connectivity index (χ3n) is 3.90. The molecule has 30 heavy (non-hydrogen) atoms. The maximum atomic E-state index is 14.0. The number of allylic oxidation sites excluding steroid dienone is 2. The number of rotatable bonds is 4. The lowest BCUT2D eigenvalue weighted by Gasteiger charge is -2.22. The first-order chi connectivity index (χ1) is 14.4. The van der Waals surface area contributed by atoms with Gasteiger partial charge in [0.15, 0.2) is 17.9 Å². The molecule has 3 rings (SSSR count). The van der Waals surface area contributed by atoms with Crippen LogP contribution in [0.4, 0.5) is 8.78 Å². The van der Waals surface area contributed by atoms with Crippen molar-refractivity contribution in [2.75, 3.05) is 7.05 Å². The maximum Gasteiger partial charge on any atom is 0.237 e. The van der Waals surface area contributed by atoms with Crippen LogP contribution in [0.25, 0.3) is 5.57 Å². The Hall–Kier alpha value is -2.74. The van der Waals surface area contributed by atoms with Crippen molar-refractivity contribution in [1.82, 2.24) is 5.01 Å². The molecular weight excluding hydrogens is 459 g/mol. The summed E-state index contributed by atoms with van der Waals surface area (Å²) >= 11 is 18.2. The molecule has 0 fully saturated rings. The van der Waals surface area contributed by atoms with E-state index in [1.54, 1.807) is 18.2 Å². The van der Waals surface area contributed by atoms with Crippen LogP contribution in [0.15, 0.2) is 58.3 Å². The van der Waals surface area contributed by atoms with E-state index in [9.17, 15) is 13.6 Å². The molecule has 0 bridgehead atoms. The highest BCUT2D eigenvalue weighted by molar-refractivity contribution is 6.39. The molecule has 2 aromatic carbocycles. The van der Waals surface area contributed by atoms with Crippen LogP contribution in [-0.4, -0.2) is 30.6 Å². The van der Waals surface area contributed by atoms with Crippen molar-refractivity contribution in [2.45, 2.75) is 0 Å². The number of carbonyl (C=O) groups excluding carboxylic acids is 1. The predicted molar refractivity (Wildman–Crippen MR) is 114 cm³/mol. The van der Waals surface area contributed by atoms with E-state index in [-0.39, 0.29) is 27.2 Å². The summed E-state index contributed by atoms with van der Waals surface area (Å²) in [5, 5.41) is 5.36. The number of aldehydes is 1. The van der Waals surface area contributed by atoms with E-state index in [1.165, 1.54) is 30.5 Å². The largest absolute Gasteiger partial charge is 0.433 e. The summed E-state index contributed by atoms with van der Waals surface area (Å²) in [5.74, 6) is -2.37. The number of ether oxygens (including phenoxy) is 1. The van der Waals surface area contributed by atoms with Gasteiger partial charge >= 0.3 is 0 Å². The molecule has 0 amide bonds. The third kappa shape index (κ3) is 4.38. The Morgan fingerprint density at radius 1 is 1.10 bits per heavy atom. The van der Waals surface area contributed by atoms with Gasteiger partial charge in [-0.3, -0.25) is 9.79 Å². The Balaban J connectivity index is 2.07. The number of nitrogens with zero attached hydrogens (tertiary/aromatic N) is 3. The van der Waals surface area contributed by atoms with Crippen LogP contribution in [0.1, 0.15) is 5.56 Å². The summed E-state index contributed by atoms with van der Waals surface area (Å²) in [6.07, 6.45) is 4.69. The minimum Gasteiger partial charge on any atom is -0.433 e. The summed E-state index contributed by atoms with van der Waals surface area (Å²) in [4.78, 5) is 15.8. The summed E-state index contributed by atoms with van der Waals surface area (Å²) in [5.41, 5.74) is 0.729. The molecule has 0 spiro atoms. The van der Waals surface area contributed by atoms with Gasteiger partial charge in [0.25, 0.3) is 0 Å². The quantitative estimate of drug-likeness (QED) is 0.188. The number of carbonyl (C=O) groups is 1. The second-order valence-corrected chi connectivity index (χ2v) is 6.97. The Kier molecular flexibility index (Phi) is 6.87. The molecule has 1 heterocycles. The minimum absolute atomic E-state index is 0.124. The van der Waals surface area contributed by atoms with Crippen molar-refractivity contribution < 1.29 is 18.3 Å². The zero-order chi connectivity index (χ0) is 21.8. The second kappa shape index (κ2) is 9.38. The topological polar surface area (TPSA) is 54.3 Å². The molecule has 0 unspecified atom stereocenters. The lowest BCUT2D eigenvalue weighted by Crippen LogP contribution is -2.24. The van der Waals surface area contributed by atoms with Gasteiger partial charge in [-0.1, -0.05) is 40.9 Å². The summed E-state index contributed by atoms with van der Waals surface area (Å²) in [7, 11) is 1.48. The van der Waals surface area contributed by atoms with E-state index in [0.717, 1.165) is 12.1 Å². The Labute approximate surface area is 185 Å². The van der Waals surface area contributed by atoms with E-state index in [2.05, 4.69) is 10.1 Å². The van der Waals surface area contributed by atoms with Crippen LogP contribution >= 0.6 is 34.8 Å². The SMILES string of the molecule is C/N=C\N1N=C(Oc2c(F)ccc(F)c2Cl)C=C/C1=C(/C=O)c1c(Cl)cccc1Cl. The van der Waals surface area contributed by atoms with E-state index in [0.29, 0.717) is 11.8 Å². The lowest BCUT2D eigenvalue weighted by molar-refractivity contribution is -0.103. The maximum absolute atomic E-state index is 14.0. The van der Waals surface area contributed by atoms with Crippen molar-refractivity contribution >= 4 is 58.9 Å². The normalized spacial score (nSPS) is 15.4. The second-order valence-electron chi connectivity index (χ2n) is 5.78. The van der Waals surface area contributed by atoms with Gasteiger partial charge in [0.05, 0.1) is 21.3 Å². The van der Waals surface area contributed by atoms with Gasteiger partial charge < -0.3 is 4.74 Å². The first-order valence-corrected chi connectivity index (χ1v) is 9.44. The Morgan fingerprint density at radius 3 is 2.40 bits per heavy atom. The summed E-state index contributed by atoms with van der Waals surface area (Å²) in [6.45, 7) is 0. The number of hydrazone groups is 1. The van der Waals surface area contributed by atoms with Gasteiger partial charge in [-0.05, 0) is 30.3 Å². The van der Waals surface area contributed by atoms with Crippen LogP contribution < -0.4 is 4.74 Å².